The number of alkyl halides is 1. The first-order chi connectivity index (χ1) is 9.51. The summed E-state index contributed by atoms with van der Waals surface area (Å²) in [7, 11) is 0. The van der Waals surface area contributed by atoms with E-state index in [0.717, 1.165) is 10.0 Å². The second kappa shape index (κ2) is 6.37. The number of halogens is 2. The van der Waals surface area contributed by atoms with Gasteiger partial charge in [-0.25, -0.2) is 0 Å². The van der Waals surface area contributed by atoms with Crippen LogP contribution in [0.2, 0.25) is 0 Å². The molecule has 0 radical (unpaired) electrons. The van der Waals surface area contributed by atoms with E-state index in [9.17, 15) is 10.1 Å². The third kappa shape index (κ3) is 3.37. The number of hydrogen-bond donors (Lipinski definition) is 0. The van der Waals surface area contributed by atoms with E-state index >= 15 is 0 Å². The van der Waals surface area contributed by atoms with E-state index in [1.165, 1.54) is 6.07 Å². The number of nitro benzene ring substituents is 1. The van der Waals surface area contributed by atoms with Crippen molar-refractivity contribution in [1.29, 1.82) is 0 Å². The highest BCUT2D eigenvalue weighted by molar-refractivity contribution is 9.10. The zero-order chi connectivity index (χ0) is 14.7. The average Bonchev–Trinajstić information content (AvgIpc) is 2.38. The SMILES string of the molecule is Cc1cc(Oc2cc(Br)ccc2CBr)ccc1[N+](=O)[O-]. The van der Waals surface area contributed by atoms with Gasteiger partial charge in [-0.3, -0.25) is 10.1 Å². The lowest BCUT2D eigenvalue weighted by Crippen LogP contribution is -1.94. The third-order valence-electron chi connectivity index (χ3n) is 2.77. The largest absolute Gasteiger partial charge is 0.457 e. The van der Waals surface area contributed by atoms with Crippen LogP contribution in [0.25, 0.3) is 0 Å². The van der Waals surface area contributed by atoms with Gasteiger partial charge in [-0.15, -0.1) is 0 Å². The van der Waals surface area contributed by atoms with Gasteiger partial charge in [0.05, 0.1) is 4.92 Å². The fraction of sp³-hybridized carbons (Fsp3) is 0.143. The molecule has 0 amide bonds. The molecule has 0 N–H and O–H groups in total. The minimum atomic E-state index is -0.401. The van der Waals surface area contributed by atoms with Gasteiger partial charge in [-0.05, 0) is 31.2 Å². The molecule has 0 unspecified atom stereocenters. The zero-order valence-corrected chi connectivity index (χ0v) is 13.8. The van der Waals surface area contributed by atoms with Crippen LogP contribution in [0.3, 0.4) is 0 Å². The summed E-state index contributed by atoms with van der Waals surface area (Å²) in [5, 5.41) is 11.5. The number of hydrogen-bond acceptors (Lipinski definition) is 3. The lowest BCUT2D eigenvalue weighted by atomic mass is 10.2. The highest BCUT2D eigenvalue weighted by Crippen LogP contribution is 2.32. The highest BCUT2D eigenvalue weighted by Gasteiger charge is 2.12. The molecule has 0 heterocycles. The lowest BCUT2D eigenvalue weighted by Gasteiger charge is -2.10. The summed E-state index contributed by atoms with van der Waals surface area (Å²) in [6.45, 7) is 1.69. The number of benzene rings is 2. The van der Waals surface area contributed by atoms with Crippen molar-refractivity contribution in [2.24, 2.45) is 0 Å². The van der Waals surface area contributed by atoms with Gasteiger partial charge >= 0.3 is 0 Å². The Bertz CT molecular complexity index is 659. The Morgan fingerprint density at radius 1 is 1.25 bits per heavy atom. The van der Waals surface area contributed by atoms with Crippen molar-refractivity contribution >= 4 is 37.5 Å². The molecule has 0 spiro atoms. The summed E-state index contributed by atoms with van der Waals surface area (Å²) < 4.78 is 6.73. The van der Waals surface area contributed by atoms with Crippen LogP contribution in [-0.4, -0.2) is 4.92 Å². The van der Waals surface area contributed by atoms with E-state index in [4.69, 9.17) is 4.74 Å². The molecule has 0 aliphatic rings. The predicted molar refractivity (Wildman–Crippen MR) is 84.7 cm³/mol. The van der Waals surface area contributed by atoms with Crippen molar-refractivity contribution in [3.63, 3.8) is 0 Å². The van der Waals surface area contributed by atoms with E-state index in [0.29, 0.717) is 22.4 Å². The first kappa shape index (κ1) is 15.0. The molecule has 0 atom stereocenters. The molecule has 0 aliphatic carbocycles. The standard InChI is InChI=1S/C14H11Br2NO3/c1-9-6-12(4-5-13(9)17(18)19)20-14-7-11(16)3-2-10(14)8-15/h2-7H,8H2,1H3. The summed E-state index contributed by atoms with van der Waals surface area (Å²) in [5.41, 5.74) is 1.67. The Labute approximate surface area is 133 Å². The van der Waals surface area contributed by atoms with Crippen molar-refractivity contribution in [3.05, 3.63) is 62.1 Å². The van der Waals surface area contributed by atoms with Crippen LogP contribution >= 0.6 is 31.9 Å². The van der Waals surface area contributed by atoms with Gasteiger partial charge in [-0.1, -0.05) is 37.9 Å². The molecule has 0 saturated heterocycles. The lowest BCUT2D eigenvalue weighted by molar-refractivity contribution is -0.385. The van der Waals surface area contributed by atoms with Crippen molar-refractivity contribution in [2.45, 2.75) is 12.3 Å². The second-order valence-corrected chi connectivity index (χ2v) is 5.67. The van der Waals surface area contributed by atoms with E-state index in [1.54, 1.807) is 19.1 Å². The van der Waals surface area contributed by atoms with E-state index in [1.807, 2.05) is 18.2 Å². The Kier molecular flexibility index (Phi) is 4.77. The molecule has 2 aromatic carbocycles. The van der Waals surface area contributed by atoms with Gasteiger partial charge in [0.1, 0.15) is 11.5 Å². The summed E-state index contributed by atoms with van der Waals surface area (Å²) >= 11 is 6.81. The molecule has 0 fully saturated rings. The Morgan fingerprint density at radius 2 is 2.00 bits per heavy atom. The molecule has 0 bridgehead atoms. The van der Waals surface area contributed by atoms with Gasteiger partial charge in [0.2, 0.25) is 0 Å². The van der Waals surface area contributed by atoms with Crippen LogP contribution in [0.15, 0.2) is 40.9 Å². The quantitative estimate of drug-likeness (QED) is 0.394. The molecular formula is C14H11Br2NO3. The number of aryl methyl sites for hydroxylation is 1. The minimum Gasteiger partial charge on any atom is -0.457 e. The zero-order valence-electron chi connectivity index (χ0n) is 10.6. The van der Waals surface area contributed by atoms with Gasteiger partial charge in [0.25, 0.3) is 5.69 Å². The van der Waals surface area contributed by atoms with Gasteiger partial charge in [0, 0.05) is 27.0 Å². The maximum absolute atomic E-state index is 10.8. The maximum atomic E-state index is 10.8. The summed E-state index contributed by atoms with van der Waals surface area (Å²) in [4.78, 5) is 10.4. The molecule has 20 heavy (non-hydrogen) atoms. The van der Waals surface area contributed by atoms with Gasteiger partial charge in [-0.2, -0.15) is 0 Å². The minimum absolute atomic E-state index is 0.0901. The van der Waals surface area contributed by atoms with E-state index in [2.05, 4.69) is 31.9 Å². The Morgan fingerprint density at radius 3 is 2.60 bits per heavy atom. The van der Waals surface area contributed by atoms with Crippen LogP contribution in [0.4, 0.5) is 5.69 Å². The molecule has 4 nitrogen and oxygen atoms in total. The third-order valence-corrected chi connectivity index (χ3v) is 3.86. The smallest absolute Gasteiger partial charge is 0.272 e. The number of ether oxygens (including phenoxy) is 1. The fourth-order valence-corrected chi connectivity index (χ4v) is 2.56. The highest BCUT2D eigenvalue weighted by atomic mass is 79.9. The summed E-state index contributed by atoms with van der Waals surface area (Å²) in [6, 6.07) is 10.5. The van der Waals surface area contributed by atoms with E-state index < -0.39 is 4.92 Å². The number of nitro groups is 1. The fourth-order valence-electron chi connectivity index (χ4n) is 1.76. The molecule has 0 aliphatic heterocycles. The van der Waals surface area contributed by atoms with Crippen molar-refractivity contribution in [2.75, 3.05) is 0 Å². The van der Waals surface area contributed by atoms with Crippen molar-refractivity contribution in [3.8, 4) is 11.5 Å². The first-order valence-electron chi connectivity index (χ1n) is 5.78. The first-order valence-corrected chi connectivity index (χ1v) is 7.70. The normalized spacial score (nSPS) is 10.3. The van der Waals surface area contributed by atoms with E-state index in [-0.39, 0.29) is 5.69 Å². The van der Waals surface area contributed by atoms with Crippen LogP contribution < -0.4 is 4.74 Å². The maximum Gasteiger partial charge on any atom is 0.272 e. The molecule has 6 heteroatoms. The predicted octanol–water partition coefficient (Wildman–Crippen LogP) is 5.35. The van der Waals surface area contributed by atoms with Crippen LogP contribution in [-0.2, 0) is 5.33 Å². The van der Waals surface area contributed by atoms with Crippen LogP contribution in [0, 0.1) is 17.0 Å². The monoisotopic (exact) mass is 399 g/mol. The van der Waals surface area contributed by atoms with Crippen LogP contribution in [0.1, 0.15) is 11.1 Å². The molecule has 2 rings (SSSR count). The molecule has 2 aromatic rings. The number of nitrogens with zero attached hydrogens (tertiary/aromatic N) is 1. The Hall–Kier alpha value is -1.40. The molecule has 0 saturated carbocycles. The Balaban J connectivity index is 2.33. The molecular weight excluding hydrogens is 390 g/mol. The molecule has 104 valence electrons. The number of rotatable bonds is 4. The van der Waals surface area contributed by atoms with Gasteiger partial charge in [0.15, 0.2) is 0 Å². The van der Waals surface area contributed by atoms with Crippen LogP contribution in [0.5, 0.6) is 11.5 Å². The van der Waals surface area contributed by atoms with Crippen molar-refractivity contribution < 1.29 is 9.66 Å². The topological polar surface area (TPSA) is 52.4 Å². The van der Waals surface area contributed by atoms with Gasteiger partial charge < -0.3 is 4.74 Å². The summed E-state index contributed by atoms with van der Waals surface area (Å²) in [5.74, 6) is 1.29. The summed E-state index contributed by atoms with van der Waals surface area (Å²) in [6.07, 6.45) is 0. The average molecular weight is 401 g/mol. The second-order valence-electron chi connectivity index (χ2n) is 4.19. The molecule has 0 aromatic heterocycles. The van der Waals surface area contributed by atoms with Crippen molar-refractivity contribution in [1.82, 2.24) is 0 Å².